The molecule has 1 aliphatic heterocycles. The van der Waals surface area contributed by atoms with Crippen LogP contribution in [0.4, 0.5) is 0 Å². The molecule has 1 fully saturated rings. The van der Waals surface area contributed by atoms with E-state index in [1.54, 1.807) is 0 Å². The van der Waals surface area contributed by atoms with Gasteiger partial charge in [-0.15, -0.1) is 11.8 Å². The molecule has 2 unspecified atom stereocenters. The van der Waals surface area contributed by atoms with Crippen molar-refractivity contribution in [3.8, 4) is 0 Å². The zero-order valence-electron chi connectivity index (χ0n) is 7.56. The van der Waals surface area contributed by atoms with Gasteiger partial charge in [-0.25, -0.2) is 0 Å². The molecular weight excluding hydrogens is 186 g/mol. The Bertz CT molecular complexity index is 281. The van der Waals surface area contributed by atoms with Gasteiger partial charge >= 0.3 is 0 Å². The van der Waals surface area contributed by atoms with Crippen molar-refractivity contribution in [3.05, 3.63) is 11.7 Å². The highest BCUT2D eigenvalue weighted by molar-refractivity contribution is 7.99. The summed E-state index contributed by atoms with van der Waals surface area (Å²) in [6, 6.07) is -0.135. The lowest BCUT2D eigenvalue weighted by atomic mass is 10.2. The highest BCUT2D eigenvalue weighted by atomic mass is 32.2. The van der Waals surface area contributed by atoms with E-state index < -0.39 is 0 Å². The maximum absolute atomic E-state index is 5.63. The first-order valence-electron chi connectivity index (χ1n) is 4.48. The van der Waals surface area contributed by atoms with Crippen molar-refractivity contribution >= 4 is 11.8 Å². The molecule has 2 heterocycles. The van der Waals surface area contributed by atoms with Gasteiger partial charge in [-0.05, 0) is 25.5 Å². The van der Waals surface area contributed by atoms with Gasteiger partial charge in [0.05, 0.1) is 11.3 Å². The summed E-state index contributed by atoms with van der Waals surface area (Å²) in [5, 5.41) is 4.24. The third kappa shape index (κ3) is 1.86. The topological polar surface area (TPSA) is 64.9 Å². The van der Waals surface area contributed by atoms with E-state index in [2.05, 4.69) is 10.1 Å². The molecular formula is C8H13N3OS. The minimum Gasteiger partial charge on any atom is -0.338 e. The lowest BCUT2D eigenvalue weighted by Gasteiger charge is -1.99. The Kier molecular flexibility index (Phi) is 2.55. The van der Waals surface area contributed by atoms with E-state index in [-0.39, 0.29) is 6.04 Å². The van der Waals surface area contributed by atoms with Gasteiger partial charge in [-0.3, -0.25) is 0 Å². The van der Waals surface area contributed by atoms with Crippen molar-refractivity contribution in [2.45, 2.75) is 31.1 Å². The molecule has 0 saturated carbocycles. The average Bonchev–Trinajstić information content (AvgIpc) is 2.75. The molecule has 0 spiro atoms. The van der Waals surface area contributed by atoms with Crippen LogP contribution in [0.1, 0.15) is 42.8 Å². The van der Waals surface area contributed by atoms with Gasteiger partial charge in [-0.2, -0.15) is 4.98 Å². The summed E-state index contributed by atoms with van der Waals surface area (Å²) in [4.78, 5) is 4.27. The Balaban J connectivity index is 2.12. The maximum Gasteiger partial charge on any atom is 0.239 e. The van der Waals surface area contributed by atoms with Crippen molar-refractivity contribution in [3.63, 3.8) is 0 Å². The highest BCUT2D eigenvalue weighted by Gasteiger charge is 2.24. The number of aromatic nitrogens is 2. The number of nitrogens with zero attached hydrogens (tertiary/aromatic N) is 2. The molecule has 72 valence electrons. The van der Waals surface area contributed by atoms with Crippen LogP contribution in [0.2, 0.25) is 0 Å². The van der Waals surface area contributed by atoms with E-state index in [1.165, 1.54) is 12.2 Å². The van der Waals surface area contributed by atoms with E-state index in [0.717, 1.165) is 12.3 Å². The summed E-state index contributed by atoms with van der Waals surface area (Å²) in [7, 11) is 0. The van der Waals surface area contributed by atoms with Crippen molar-refractivity contribution in [2.75, 3.05) is 5.75 Å². The van der Waals surface area contributed by atoms with Crippen LogP contribution in [-0.2, 0) is 0 Å². The van der Waals surface area contributed by atoms with Crippen LogP contribution >= 0.6 is 11.8 Å². The molecule has 13 heavy (non-hydrogen) atoms. The first-order valence-corrected chi connectivity index (χ1v) is 5.53. The van der Waals surface area contributed by atoms with Gasteiger partial charge in [0.25, 0.3) is 0 Å². The Morgan fingerprint density at radius 3 is 3.08 bits per heavy atom. The lowest BCUT2D eigenvalue weighted by molar-refractivity contribution is 0.367. The van der Waals surface area contributed by atoms with Crippen LogP contribution in [0.5, 0.6) is 0 Å². The molecule has 1 saturated heterocycles. The van der Waals surface area contributed by atoms with Gasteiger partial charge in [0.2, 0.25) is 5.89 Å². The third-order valence-corrected chi connectivity index (χ3v) is 3.43. The zero-order chi connectivity index (χ0) is 9.26. The Hall–Kier alpha value is -0.550. The first-order chi connectivity index (χ1) is 6.27. The SMILES string of the molecule is CC(N)c1noc(C2CCCS2)n1. The number of hydrogen-bond acceptors (Lipinski definition) is 5. The Labute approximate surface area is 81.3 Å². The van der Waals surface area contributed by atoms with E-state index >= 15 is 0 Å². The highest BCUT2D eigenvalue weighted by Crippen LogP contribution is 2.38. The largest absolute Gasteiger partial charge is 0.338 e. The molecule has 0 radical (unpaired) electrons. The molecule has 2 atom stereocenters. The molecule has 2 N–H and O–H groups in total. The fraction of sp³-hybridized carbons (Fsp3) is 0.750. The summed E-state index contributed by atoms with van der Waals surface area (Å²) in [6.45, 7) is 1.86. The number of rotatable bonds is 2. The summed E-state index contributed by atoms with van der Waals surface area (Å²) < 4.78 is 5.15. The zero-order valence-corrected chi connectivity index (χ0v) is 8.38. The van der Waals surface area contributed by atoms with Gasteiger partial charge in [0.1, 0.15) is 0 Å². The number of thioether (sulfide) groups is 1. The molecule has 0 aliphatic carbocycles. The van der Waals surface area contributed by atoms with Crippen LogP contribution < -0.4 is 5.73 Å². The molecule has 5 heteroatoms. The monoisotopic (exact) mass is 199 g/mol. The quantitative estimate of drug-likeness (QED) is 0.784. The second kappa shape index (κ2) is 3.67. The lowest BCUT2D eigenvalue weighted by Crippen LogP contribution is -2.06. The van der Waals surface area contributed by atoms with Gasteiger partial charge in [0.15, 0.2) is 5.82 Å². The van der Waals surface area contributed by atoms with E-state index in [9.17, 15) is 0 Å². The van der Waals surface area contributed by atoms with E-state index in [4.69, 9.17) is 10.3 Å². The molecule has 0 amide bonds. The van der Waals surface area contributed by atoms with Crippen molar-refractivity contribution < 1.29 is 4.52 Å². The predicted octanol–water partition coefficient (Wildman–Crippen LogP) is 1.66. The fourth-order valence-electron chi connectivity index (χ4n) is 1.34. The summed E-state index contributed by atoms with van der Waals surface area (Å²) >= 11 is 1.88. The molecule has 4 nitrogen and oxygen atoms in total. The maximum atomic E-state index is 5.63. The standard InChI is InChI=1S/C8H13N3OS/c1-5(9)7-10-8(12-11-7)6-3-2-4-13-6/h5-6H,2-4,9H2,1H3. The molecule has 0 bridgehead atoms. The third-order valence-electron chi connectivity index (χ3n) is 2.07. The van der Waals surface area contributed by atoms with E-state index in [0.29, 0.717) is 11.1 Å². The van der Waals surface area contributed by atoms with Crippen LogP contribution in [0.3, 0.4) is 0 Å². The van der Waals surface area contributed by atoms with Gasteiger partial charge in [-0.1, -0.05) is 5.16 Å². The summed E-state index contributed by atoms with van der Waals surface area (Å²) in [5.74, 6) is 2.55. The molecule has 1 aliphatic rings. The van der Waals surface area contributed by atoms with E-state index in [1.807, 2.05) is 18.7 Å². The van der Waals surface area contributed by atoms with Crippen LogP contribution in [-0.4, -0.2) is 15.9 Å². The second-order valence-electron chi connectivity index (χ2n) is 3.28. The number of nitrogens with two attached hydrogens (primary N) is 1. The molecule has 1 aromatic rings. The molecule has 2 rings (SSSR count). The van der Waals surface area contributed by atoms with Crippen molar-refractivity contribution in [1.82, 2.24) is 10.1 Å². The van der Waals surface area contributed by atoms with Crippen LogP contribution in [0.25, 0.3) is 0 Å². The van der Waals surface area contributed by atoms with Crippen molar-refractivity contribution in [1.29, 1.82) is 0 Å². The number of hydrogen-bond donors (Lipinski definition) is 1. The Morgan fingerprint density at radius 1 is 1.69 bits per heavy atom. The summed E-state index contributed by atoms with van der Waals surface area (Å²) in [5.41, 5.74) is 5.63. The fourth-order valence-corrected chi connectivity index (χ4v) is 2.52. The first kappa shape index (κ1) is 9.02. The molecule has 0 aromatic carbocycles. The van der Waals surface area contributed by atoms with Crippen LogP contribution in [0.15, 0.2) is 4.52 Å². The molecule has 1 aromatic heterocycles. The minimum atomic E-state index is -0.135. The predicted molar refractivity (Wildman–Crippen MR) is 51.3 cm³/mol. The normalized spacial score (nSPS) is 24.9. The second-order valence-corrected chi connectivity index (χ2v) is 4.59. The van der Waals surface area contributed by atoms with Gasteiger partial charge < -0.3 is 10.3 Å². The smallest absolute Gasteiger partial charge is 0.239 e. The van der Waals surface area contributed by atoms with Crippen molar-refractivity contribution in [2.24, 2.45) is 5.73 Å². The van der Waals surface area contributed by atoms with Gasteiger partial charge in [0, 0.05) is 0 Å². The Morgan fingerprint density at radius 2 is 2.54 bits per heavy atom. The summed E-state index contributed by atoms with van der Waals surface area (Å²) in [6.07, 6.45) is 2.39. The average molecular weight is 199 g/mol. The minimum absolute atomic E-state index is 0.135. The van der Waals surface area contributed by atoms with Crippen LogP contribution in [0, 0.1) is 0 Å².